The zero-order valence-corrected chi connectivity index (χ0v) is 35.2. The van der Waals surface area contributed by atoms with Gasteiger partial charge in [0.25, 0.3) is 0 Å². The van der Waals surface area contributed by atoms with Crippen molar-refractivity contribution in [2.45, 2.75) is 0 Å². The number of benzene rings is 4. The van der Waals surface area contributed by atoms with Crippen LogP contribution in [0.15, 0.2) is 0 Å². The Bertz CT molecular complexity index is 1480. The molecule has 4 rings (SSSR count). The predicted molar refractivity (Wildman–Crippen MR) is 208 cm³/mol. The van der Waals surface area contributed by atoms with Gasteiger partial charge in [0.05, 0.1) is 100 Å². The van der Waals surface area contributed by atoms with Gasteiger partial charge in [-0.1, -0.05) is 232 Å². The monoisotopic (exact) mass is 1010 g/mol. The smallest absolute Gasteiger partial charge is 0.0809 e. The van der Waals surface area contributed by atoms with E-state index >= 15 is 0 Å². The molecule has 0 unspecified atom stereocenters. The molecular weight excluding hydrogens is 1010 g/mol. The summed E-state index contributed by atoms with van der Waals surface area (Å²) < 4.78 is 0. The third kappa shape index (κ3) is 8.17. The lowest BCUT2D eigenvalue weighted by Gasteiger charge is -2.17. The van der Waals surface area contributed by atoms with Crippen molar-refractivity contribution in [3.63, 3.8) is 0 Å². The molecule has 4 aromatic carbocycles. The molecule has 0 amide bonds. The third-order valence-electron chi connectivity index (χ3n) is 5.34. The lowest BCUT2D eigenvalue weighted by molar-refractivity contribution is 0.824. The minimum Gasteiger partial charge on any atom is -0.412 e. The first-order valence-corrected chi connectivity index (χ1v) is 17.8. The summed E-state index contributed by atoms with van der Waals surface area (Å²) in [5.41, 5.74) is 0.604. The van der Waals surface area contributed by atoms with E-state index in [1.807, 2.05) is 0 Å². The van der Waals surface area contributed by atoms with Crippen LogP contribution in [0.4, 0.5) is 0 Å². The zero-order chi connectivity index (χ0) is 33.9. The van der Waals surface area contributed by atoms with E-state index in [4.69, 9.17) is 232 Å². The van der Waals surface area contributed by atoms with Crippen LogP contribution in [-0.2, 0) is 0 Å². The molecule has 0 saturated heterocycles. The summed E-state index contributed by atoms with van der Waals surface area (Å²) in [6, 6.07) is 0. The van der Waals surface area contributed by atoms with Crippen LogP contribution in [0.2, 0.25) is 100 Å². The molecule has 0 heterocycles. The Morgan fingerprint density at radius 2 is 0.200 bits per heavy atom. The molecule has 0 aliphatic rings. The molecule has 244 valence electrons. The topological polar surface area (TPSA) is 31.5 Å². The number of halogens is 20. The van der Waals surface area contributed by atoms with Crippen LogP contribution in [0.25, 0.3) is 22.3 Å². The fourth-order valence-corrected chi connectivity index (χ4v) is 8.61. The highest BCUT2D eigenvalue weighted by molar-refractivity contribution is 6.62. The lowest BCUT2D eigenvalue weighted by atomic mass is 10.0. The summed E-state index contributed by atoms with van der Waals surface area (Å²) in [4.78, 5) is 0. The fourth-order valence-electron chi connectivity index (χ4n) is 3.30. The Morgan fingerprint density at radius 3 is 0.289 bits per heavy atom. The van der Waals surface area contributed by atoms with E-state index in [0.29, 0.717) is 0 Å². The van der Waals surface area contributed by atoms with E-state index in [1.54, 1.807) is 0 Å². The first-order valence-electron chi connectivity index (χ1n) is 10.3. The van der Waals surface area contributed by atoms with Crippen molar-refractivity contribution in [2.24, 2.45) is 0 Å². The van der Waals surface area contributed by atoms with Crippen LogP contribution in [-0.4, -0.2) is 5.48 Å². The molecule has 0 spiro atoms. The number of hydrogen-bond donors (Lipinski definition) is 0. The molecule has 0 radical (unpaired) electrons. The van der Waals surface area contributed by atoms with E-state index in [1.165, 1.54) is 0 Å². The van der Waals surface area contributed by atoms with Gasteiger partial charge in [0, 0.05) is 22.3 Å². The Balaban J connectivity index is 0.000000307. The Hall–Kier alpha value is 2.64. The summed E-state index contributed by atoms with van der Waals surface area (Å²) in [7, 11) is 0. The van der Waals surface area contributed by atoms with Gasteiger partial charge in [-0.2, -0.15) is 0 Å². The van der Waals surface area contributed by atoms with Gasteiger partial charge in [-0.15, -0.1) is 0 Å². The normalized spacial score (nSPS) is 10.9. The van der Waals surface area contributed by atoms with Gasteiger partial charge in [-0.3, -0.25) is 0 Å². The van der Waals surface area contributed by atoms with Gasteiger partial charge >= 0.3 is 0 Å². The second-order valence-electron chi connectivity index (χ2n) is 7.78. The highest BCUT2D eigenvalue weighted by atomic mass is 35.5. The second-order valence-corrected chi connectivity index (χ2v) is 15.3. The SMILES string of the molecule is Clc1c(Cl)c(Cl)c(-c2c(Cl)c(Cl)c(Cl)c(Cl)c2Cl)c(Cl)c1Cl.Clc1c(Cl)c(Cl)c(-c2c(Cl)c(Cl)c(Cl)c(Cl)c2Cl)c(Cl)c1Cl.O. The predicted octanol–water partition coefficient (Wildman–Crippen LogP) is 19.0. The second kappa shape index (κ2) is 17.4. The van der Waals surface area contributed by atoms with Gasteiger partial charge in [-0.25, -0.2) is 0 Å². The van der Waals surface area contributed by atoms with Gasteiger partial charge in [0.1, 0.15) is 0 Å². The van der Waals surface area contributed by atoms with E-state index in [-0.39, 0.29) is 128 Å². The maximum absolute atomic E-state index is 6.20. The van der Waals surface area contributed by atoms with Crippen LogP contribution in [0.3, 0.4) is 0 Å². The first-order chi connectivity index (χ1) is 20.2. The molecule has 1 nitrogen and oxygen atoms in total. The van der Waals surface area contributed by atoms with Crippen LogP contribution in [0.5, 0.6) is 0 Å². The first kappa shape index (κ1) is 43.8. The molecule has 0 aromatic heterocycles. The van der Waals surface area contributed by atoms with Crippen molar-refractivity contribution >= 4 is 232 Å². The highest BCUT2D eigenvalue weighted by Gasteiger charge is 2.29. The molecule has 21 heteroatoms. The summed E-state index contributed by atoms with van der Waals surface area (Å²) >= 11 is 122. The maximum Gasteiger partial charge on any atom is 0.0809 e. The standard InChI is InChI=1S/2C12Cl10.H2O/c2*13-3-1(4(14)8(18)11(21)7(3)17)2-5(15)9(19)12(22)10(20)6(2)16;/h;;1H2. The average Bonchev–Trinajstić information content (AvgIpc) is 3.00. The van der Waals surface area contributed by atoms with Gasteiger partial charge in [0.2, 0.25) is 0 Å². The maximum atomic E-state index is 6.20. The van der Waals surface area contributed by atoms with Crippen molar-refractivity contribution < 1.29 is 5.48 Å². The molecule has 0 fully saturated rings. The fraction of sp³-hybridized carbons (Fsp3) is 0. The van der Waals surface area contributed by atoms with Crippen molar-refractivity contribution in [3.05, 3.63) is 100 Å². The van der Waals surface area contributed by atoms with Crippen LogP contribution < -0.4 is 0 Å². The van der Waals surface area contributed by atoms with E-state index in [2.05, 4.69) is 0 Å². The summed E-state index contributed by atoms with van der Waals surface area (Å²) in [6.45, 7) is 0. The molecule has 0 aliphatic carbocycles. The number of rotatable bonds is 2. The van der Waals surface area contributed by atoms with Crippen molar-refractivity contribution in [1.29, 1.82) is 0 Å². The summed E-state index contributed by atoms with van der Waals surface area (Å²) in [6.07, 6.45) is 0. The van der Waals surface area contributed by atoms with E-state index in [9.17, 15) is 0 Å². The van der Waals surface area contributed by atoms with Crippen molar-refractivity contribution in [2.75, 3.05) is 0 Å². The van der Waals surface area contributed by atoms with Gasteiger partial charge in [-0.05, 0) is 0 Å². The quantitative estimate of drug-likeness (QED) is 0.142. The Labute approximate surface area is 355 Å². The molecule has 45 heavy (non-hydrogen) atoms. The lowest BCUT2D eigenvalue weighted by Crippen LogP contribution is -1.91. The molecule has 4 aromatic rings. The molecule has 0 saturated carbocycles. The third-order valence-corrected chi connectivity index (χ3v) is 14.4. The number of hydrogen-bond acceptors (Lipinski definition) is 0. The van der Waals surface area contributed by atoms with Crippen molar-refractivity contribution in [1.82, 2.24) is 0 Å². The van der Waals surface area contributed by atoms with Gasteiger partial charge in [0.15, 0.2) is 0 Å². The van der Waals surface area contributed by atoms with Crippen molar-refractivity contribution in [3.8, 4) is 22.3 Å². The highest BCUT2D eigenvalue weighted by Crippen LogP contribution is 2.57. The molecule has 0 atom stereocenters. The van der Waals surface area contributed by atoms with Crippen LogP contribution in [0.1, 0.15) is 0 Å². The summed E-state index contributed by atoms with van der Waals surface area (Å²) in [5.74, 6) is 0. The van der Waals surface area contributed by atoms with E-state index < -0.39 is 0 Å². The molecule has 0 aliphatic heterocycles. The minimum atomic E-state index is -0.0120. The van der Waals surface area contributed by atoms with E-state index in [0.717, 1.165) is 0 Å². The largest absolute Gasteiger partial charge is 0.412 e. The molecule has 2 N–H and O–H groups in total. The summed E-state index contributed by atoms with van der Waals surface area (Å²) in [5, 5.41) is -0.0991. The zero-order valence-electron chi connectivity index (χ0n) is 20.1. The van der Waals surface area contributed by atoms with Crippen LogP contribution in [0, 0.1) is 0 Å². The van der Waals surface area contributed by atoms with Gasteiger partial charge < -0.3 is 5.48 Å². The molecular formula is C24H2Cl20O. The minimum absolute atomic E-state index is 0. The Kier molecular flexibility index (Phi) is 17.0. The average molecular weight is 1020 g/mol. The molecule has 0 bridgehead atoms. The Morgan fingerprint density at radius 1 is 0.133 bits per heavy atom. The van der Waals surface area contributed by atoms with Crippen LogP contribution >= 0.6 is 232 Å².